The average molecular weight is 223 g/mol. The van der Waals surface area contributed by atoms with E-state index < -0.39 is 0 Å². The Morgan fingerprint density at radius 3 is 1.88 bits per heavy atom. The molecule has 3 nitrogen and oxygen atoms in total. The van der Waals surface area contributed by atoms with Crippen molar-refractivity contribution >= 4 is 11.8 Å². The van der Waals surface area contributed by atoms with Gasteiger partial charge in [0.15, 0.2) is 0 Å². The quantitative estimate of drug-likeness (QED) is 0.513. The minimum atomic E-state index is -0.0991. The third kappa shape index (κ3) is 2.71. The molecule has 0 fully saturated rings. The van der Waals surface area contributed by atoms with Crippen molar-refractivity contribution in [2.75, 3.05) is 6.54 Å². The first-order valence-electron chi connectivity index (χ1n) is 6.13. The lowest BCUT2D eigenvalue weighted by molar-refractivity contribution is -0.137. The predicted molar refractivity (Wildman–Crippen MR) is 63.9 cm³/mol. The molecule has 1 rings (SSSR count). The van der Waals surface area contributed by atoms with Crippen molar-refractivity contribution in [2.24, 2.45) is 0 Å². The van der Waals surface area contributed by atoms with E-state index in [4.69, 9.17) is 0 Å². The largest absolute Gasteiger partial charge is 0.275 e. The molecule has 2 amide bonds. The monoisotopic (exact) mass is 223 g/mol. The lowest BCUT2D eigenvalue weighted by Crippen LogP contribution is -2.32. The highest BCUT2D eigenvalue weighted by atomic mass is 16.2. The molecule has 0 aromatic carbocycles. The van der Waals surface area contributed by atoms with E-state index in [9.17, 15) is 9.59 Å². The second kappa shape index (κ2) is 5.83. The summed E-state index contributed by atoms with van der Waals surface area (Å²) in [5.41, 5.74) is 1.22. The minimum Gasteiger partial charge on any atom is -0.275 e. The predicted octanol–water partition coefficient (Wildman–Crippen LogP) is 2.66. The highest BCUT2D eigenvalue weighted by Crippen LogP contribution is 2.20. The van der Waals surface area contributed by atoms with Crippen LogP contribution in [0.3, 0.4) is 0 Å². The molecular formula is C13H21NO2. The van der Waals surface area contributed by atoms with Crippen molar-refractivity contribution in [3.05, 3.63) is 11.1 Å². The lowest BCUT2D eigenvalue weighted by atomic mass is 10.1. The molecule has 0 spiro atoms. The van der Waals surface area contributed by atoms with E-state index in [1.54, 1.807) is 13.8 Å². The van der Waals surface area contributed by atoms with Gasteiger partial charge in [0.25, 0.3) is 11.8 Å². The molecule has 1 heterocycles. The van der Waals surface area contributed by atoms with Crippen LogP contribution in [0.15, 0.2) is 11.1 Å². The molecule has 16 heavy (non-hydrogen) atoms. The topological polar surface area (TPSA) is 37.4 Å². The van der Waals surface area contributed by atoms with Crippen molar-refractivity contribution in [1.82, 2.24) is 4.90 Å². The standard InChI is InChI=1S/C13H21NO2/c1-4-5-6-7-8-9-14-12(15)10(2)11(3)13(14)16/h4-9H2,1-3H3. The SMILES string of the molecule is CCCCCCCN1C(=O)C(C)=C(C)C1=O. The Balaban J connectivity index is 2.35. The fourth-order valence-corrected chi connectivity index (χ4v) is 1.89. The van der Waals surface area contributed by atoms with E-state index in [1.807, 2.05) is 0 Å². The first kappa shape index (κ1) is 12.9. The lowest BCUT2D eigenvalue weighted by Gasteiger charge is -2.14. The summed E-state index contributed by atoms with van der Waals surface area (Å²) in [5, 5.41) is 0. The number of carbonyl (C=O) groups is 2. The Kier molecular flexibility index (Phi) is 4.71. The van der Waals surface area contributed by atoms with Gasteiger partial charge in [0.1, 0.15) is 0 Å². The zero-order chi connectivity index (χ0) is 12.1. The molecule has 0 saturated heterocycles. The van der Waals surface area contributed by atoms with E-state index in [0.717, 1.165) is 12.8 Å². The summed E-state index contributed by atoms with van der Waals surface area (Å²) in [6, 6.07) is 0. The fourth-order valence-electron chi connectivity index (χ4n) is 1.89. The minimum absolute atomic E-state index is 0.0991. The van der Waals surface area contributed by atoms with Crippen LogP contribution in [0, 0.1) is 0 Å². The van der Waals surface area contributed by atoms with Crippen LogP contribution < -0.4 is 0 Å². The molecule has 0 saturated carbocycles. The van der Waals surface area contributed by atoms with Crippen molar-refractivity contribution in [3.63, 3.8) is 0 Å². The molecule has 0 radical (unpaired) electrons. The maximum Gasteiger partial charge on any atom is 0.256 e. The second-order valence-corrected chi connectivity index (χ2v) is 4.43. The van der Waals surface area contributed by atoms with E-state index >= 15 is 0 Å². The molecule has 0 aromatic rings. The van der Waals surface area contributed by atoms with Gasteiger partial charge in [-0.1, -0.05) is 32.6 Å². The molecule has 0 bridgehead atoms. The molecule has 0 aliphatic carbocycles. The highest BCUT2D eigenvalue weighted by Gasteiger charge is 2.32. The second-order valence-electron chi connectivity index (χ2n) is 4.43. The molecule has 0 N–H and O–H groups in total. The van der Waals surface area contributed by atoms with Gasteiger partial charge in [0.05, 0.1) is 0 Å². The van der Waals surface area contributed by atoms with Crippen LogP contribution in [0.25, 0.3) is 0 Å². The van der Waals surface area contributed by atoms with E-state index in [-0.39, 0.29) is 11.8 Å². The summed E-state index contributed by atoms with van der Waals surface area (Å²) in [5.74, 6) is -0.198. The van der Waals surface area contributed by atoms with Crippen LogP contribution in [0.5, 0.6) is 0 Å². The third-order valence-electron chi connectivity index (χ3n) is 3.18. The van der Waals surface area contributed by atoms with Gasteiger partial charge in [-0.3, -0.25) is 14.5 Å². The van der Waals surface area contributed by atoms with Crippen LogP contribution >= 0.6 is 0 Å². The number of hydrogen-bond acceptors (Lipinski definition) is 2. The van der Waals surface area contributed by atoms with Gasteiger partial charge in [0.2, 0.25) is 0 Å². The average Bonchev–Trinajstić information content (AvgIpc) is 2.46. The maximum absolute atomic E-state index is 11.7. The molecule has 1 aliphatic rings. The van der Waals surface area contributed by atoms with Crippen LogP contribution in [0.1, 0.15) is 52.9 Å². The number of nitrogens with zero attached hydrogens (tertiary/aromatic N) is 1. The number of rotatable bonds is 6. The number of hydrogen-bond donors (Lipinski definition) is 0. The number of imide groups is 1. The summed E-state index contributed by atoms with van der Waals surface area (Å²) in [4.78, 5) is 24.8. The fraction of sp³-hybridized carbons (Fsp3) is 0.692. The summed E-state index contributed by atoms with van der Waals surface area (Å²) < 4.78 is 0. The number of carbonyl (C=O) groups excluding carboxylic acids is 2. The zero-order valence-electron chi connectivity index (χ0n) is 10.5. The van der Waals surface area contributed by atoms with Crippen LogP contribution in [-0.2, 0) is 9.59 Å². The van der Waals surface area contributed by atoms with E-state index in [1.165, 1.54) is 24.2 Å². The first-order chi connectivity index (χ1) is 7.59. The van der Waals surface area contributed by atoms with Gasteiger partial charge in [-0.25, -0.2) is 0 Å². The van der Waals surface area contributed by atoms with Gasteiger partial charge in [0, 0.05) is 17.7 Å². The summed E-state index contributed by atoms with van der Waals surface area (Å²) in [6.45, 7) is 6.21. The Hall–Kier alpha value is -1.12. The summed E-state index contributed by atoms with van der Waals surface area (Å²) in [6.07, 6.45) is 5.67. The molecule has 3 heteroatoms. The van der Waals surface area contributed by atoms with Gasteiger partial charge in [-0.05, 0) is 20.3 Å². The highest BCUT2D eigenvalue weighted by molar-refractivity contribution is 6.18. The van der Waals surface area contributed by atoms with Crippen LogP contribution in [0.2, 0.25) is 0 Å². The summed E-state index contributed by atoms with van der Waals surface area (Å²) >= 11 is 0. The maximum atomic E-state index is 11.7. The Labute approximate surface area is 97.5 Å². The van der Waals surface area contributed by atoms with Gasteiger partial charge >= 0.3 is 0 Å². The molecule has 0 aromatic heterocycles. The molecule has 0 atom stereocenters. The van der Waals surface area contributed by atoms with Crippen molar-refractivity contribution < 1.29 is 9.59 Å². The van der Waals surface area contributed by atoms with Crippen LogP contribution in [-0.4, -0.2) is 23.3 Å². The number of amides is 2. The molecule has 0 unspecified atom stereocenters. The number of unbranched alkanes of at least 4 members (excludes halogenated alkanes) is 4. The molecule has 90 valence electrons. The Morgan fingerprint density at radius 2 is 1.38 bits per heavy atom. The van der Waals surface area contributed by atoms with Gasteiger partial charge < -0.3 is 0 Å². The first-order valence-corrected chi connectivity index (χ1v) is 6.13. The van der Waals surface area contributed by atoms with Gasteiger partial charge in [-0.2, -0.15) is 0 Å². The van der Waals surface area contributed by atoms with Gasteiger partial charge in [-0.15, -0.1) is 0 Å². The normalized spacial score (nSPS) is 16.6. The molecular weight excluding hydrogens is 202 g/mol. The molecule has 1 aliphatic heterocycles. The van der Waals surface area contributed by atoms with Crippen molar-refractivity contribution in [3.8, 4) is 0 Å². The Morgan fingerprint density at radius 1 is 0.875 bits per heavy atom. The van der Waals surface area contributed by atoms with Crippen LogP contribution in [0.4, 0.5) is 0 Å². The smallest absolute Gasteiger partial charge is 0.256 e. The van der Waals surface area contributed by atoms with Crippen molar-refractivity contribution in [2.45, 2.75) is 52.9 Å². The zero-order valence-corrected chi connectivity index (χ0v) is 10.5. The van der Waals surface area contributed by atoms with E-state index in [0.29, 0.717) is 17.7 Å². The van der Waals surface area contributed by atoms with E-state index in [2.05, 4.69) is 6.92 Å². The third-order valence-corrected chi connectivity index (χ3v) is 3.18. The summed E-state index contributed by atoms with van der Waals surface area (Å²) in [7, 11) is 0. The Bertz CT molecular complexity index is 294. The van der Waals surface area contributed by atoms with Crippen molar-refractivity contribution in [1.29, 1.82) is 0 Å².